The van der Waals surface area contributed by atoms with Crippen molar-refractivity contribution >= 4 is 6.09 Å². The van der Waals surface area contributed by atoms with Crippen LogP contribution in [0.5, 0.6) is 0 Å². The first kappa shape index (κ1) is 18.8. The molecule has 0 spiro atoms. The van der Waals surface area contributed by atoms with Gasteiger partial charge in [0, 0.05) is 25.2 Å². The maximum absolute atomic E-state index is 11.5. The minimum absolute atomic E-state index is 0.415. The van der Waals surface area contributed by atoms with Gasteiger partial charge in [-0.05, 0) is 39.8 Å². The van der Waals surface area contributed by atoms with E-state index in [1.807, 2.05) is 52.0 Å². The Morgan fingerprint density at radius 2 is 2.08 bits per heavy atom. The van der Waals surface area contributed by atoms with Gasteiger partial charge < -0.3 is 19.8 Å². The normalized spacial score (nSPS) is 11.8. The zero-order valence-corrected chi connectivity index (χ0v) is 15.2. The first-order valence-corrected chi connectivity index (χ1v) is 8.27. The molecule has 0 atom stereocenters. The average molecular weight is 346 g/mol. The van der Waals surface area contributed by atoms with Gasteiger partial charge in [0.05, 0.1) is 6.20 Å². The standard InChI is InChI=1S/C18H26N4O3/c1-13-7-8-15(24-13)16-14(12-21-22-16)11-19-9-5-6-10-20-17(23)25-18(2,3)4/h5-8,12,19H,9-11H2,1-4H3,(H,20,23)(H,21,22)/b6-5+. The molecule has 136 valence electrons. The monoisotopic (exact) mass is 346 g/mol. The highest BCUT2D eigenvalue weighted by molar-refractivity contribution is 5.67. The number of amides is 1. The van der Waals surface area contributed by atoms with Crippen LogP contribution in [0, 0.1) is 6.92 Å². The van der Waals surface area contributed by atoms with Crippen molar-refractivity contribution in [3.8, 4) is 11.5 Å². The van der Waals surface area contributed by atoms with Crippen LogP contribution in [-0.2, 0) is 11.3 Å². The van der Waals surface area contributed by atoms with Crippen molar-refractivity contribution in [3.05, 3.63) is 41.8 Å². The summed E-state index contributed by atoms with van der Waals surface area (Å²) in [5.74, 6) is 1.65. The number of carbonyl (C=O) groups is 1. The summed E-state index contributed by atoms with van der Waals surface area (Å²) >= 11 is 0. The molecule has 0 unspecified atom stereocenters. The Kier molecular flexibility index (Phi) is 6.41. The van der Waals surface area contributed by atoms with Gasteiger partial charge in [0.2, 0.25) is 0 Å². The van der Waals surface area contributed by atoms with Crippen molar-refractivity contribution in [1.29, 1.82) is 0 Å². The summed E-state index contributed by atoms with van der Waals surface area (Å²) in [5, 5.41) is 13.0. The third-order valence-corrected chi connectivity index (χ3v) is 3.21. The molecule has 0 fully saturated rings. The number of nitrogens with zero attached hydrogens (tertiary/aromatic N) is 1. The molecular formula is C18H26N4O3. The molecule has 0 saturated heterocycles. The van der Waals surface area contributed by atoms with Gasteiger partial charge in [0.15, 0.2) is 5.76 Å². The van der Waals surface area contributed by atoms with Crippen LogP contribution in [0.15, 0.2) is 34.9 Å². The molecule has 3 N–H and O–H groups in total. The van der Waals surface area contributed by atoms with Gasteiger partial charge in [-0.2, -0.15) is 5.10 Å². The lowest BCUT2D eigenvalue weighted by Gasteiger charge is -2.19. The van der Waals surface area contributed by atoms with Crippen LogP contribution in [0.25, 0.3) is 11.5 Å². The second kappa shape index (κ2) is 8.53. The van der Waals surface area contributed by atoms with Crippen molar-refractivity contribution in [3.63, 3.8) is 0 Å². The quantitative estimate of drug-likeness (QED) is 0.529. The Hall–Kier alpha value is -2.54. The van der Waals surface area contributed by atoms with Crippen LogP contribution in [0.2, 0.25) is 0 Å². The Morgan fingerprint density at radius 1 is 1.32 bits per heavy atom. The minimum Gasteiger partial charge on any atom is -0.460 e. The smallest absolute Gasteiger partial charge is 0.407 e. The number of rotatable bonds is 7. The Balaban J connectivity index is 1.69. The number of H-pyrrole nitrogens is 1. The van der Waals surface area contributed by atoms with Crippen LogP contribution in [0.3, 0.4) is 0 Å². The molecule has 2 rings (SSSR count). The average Bonchev–Trinajstić information content (AvgIpc) is 3.13. The molecule has 2 aromatic rings. The fourth-order valence-electron chi connectivity index (χ4n) is 2.14. The van der Waals surface area contributed by atoms with E-state index in [1.165, 1.54) is 0 Å². The Labute approximate surface area is 147 Å². The molecule has 1 amide bonds. The third-order valence-electron chi connectivity index (χ3n) is 3.21. The number of aromatic nitrogens is 2. The van der Waals surface area contributed by atoms with Crippen LogP contribution in [0.1, 0.15) is 32.1 Å². The van der Waals surface area contributed by atoms with Gasteiger partial charge in [-0.25, -0.2) is 4.79 Å². The van der Waals surface area contributed by atoms with E-state index in [0.29, 0.717) is 19.6 Å². The Morgan fingerprint density at radius 3 is 2.76 bits per heavy atom. The van der Waals surface area contributed by atoms with E-state index < -0.39 is 11.7 Å². The van der Waals surface area contributed by atoms with Crippen molar-refractivity contribution in [2.24, 2.45) is 0 Å². The van der Waals surface area contributed by atoms with Gasteiger partial charge in [0.25, 0.3) is 0 Å². The SMILES string of the molecule is Cc1ccc(-c2[nH]ncc2CNC/C=C/CNC(=O)OC(C)(C)C)o1. The van der Waals surface area contributed by atoms with Crippen LogP contribution < -0.4 is 10.6 Å². The molecule has 0 saturated carbocycles. The summed E-state index contributed by atoms with van der Waals surface area (Å²) in [4.78, 5) is 11.5. The number of aryl methyl sites for hydroxylation is 1. The predicted molar refractivity (Wildman–Crippen MR) is 96.1 cm³/mol. The number of ether oxygens (including phenoxy) is 1. The Bertz CT molecular complexity index is 710. The fourth-order valence-corrected chi connectivity index (χ4v) is 2.14. The van der Waals surface area contributed by atoms with E-state index in [2.05, 4.69) is 20.8 Å². The van der Waals surface area contributed by atoms with E-state index in [4.69, 9.17) is 9.15 Å². The molecule has 0 aromatic carbocycles. The van der Waals surface area contributed by atoms with E-state index in [0.717, 1.165) is 22.8 Å². The predicted octanol–water partition coefficient (Wildman–Crippen LogP) is 3.15. The van der Waals surface area contributed by atoms with Gasteiger partial charge in [-0.3, -0.25) is 5.10 Å². The number of alkyl carbamates (subject to hydrolysis) is 1. The molecule has 0 radical (unpaired) electrons. The first-order valence-electron chi connectivity index (χ1n) is 8.27. The lowest BCUT2D eigenvalue weighted by molar-refractivity contribution is 0.0534. The molecule has 0 bridgehead atoms. The molecule has 0 aliphatic heterocycles. The molecule has 7 heteroatoms. The van der Waals surface area contributed by atoms with Crippen molar-refractivity contribution < 1.29 is 13.9 Å². The highest BCUT2D eigenvalue weighted by Crippen LogP contribution is 2.23. The zero-order valence-electron chi connectivity index (χ0n) is 15.2. The fraction of sp³-hybridized carbons (Fsp3) is 0.444. The van der Waals surface area contributed by atoms with E-state index >= 15 is 0 Å². The van der Waals surface area contributed by atoms with Crippen LogP contribution in [0.4, 0.5) is 4.79 Å². The number of hydrogen-bond acceptors (Lipinski definition) is 5. The van der Waals surface area contributed by atoms with E-state index in [9.17, 15) is 4.79 Å². The number of aromatic amines is 1. The molecule has 0 aliphatic rings. The molecule has 0 aliphatic carbocycles. The summed E-state index contributed by atoms with van der Waals surface area (Å²) < 4.78 is 10.8. The molecular weight excluding hydrogens is 320 g/mol. The number of furan rings is 1. The lowest BCUT2D eigenvalue weighted by Crippen LogP contribution is -2.32. The van der Waals surface area contributed by atoms with Gasteiger partial charge >= 0.3 is 6.09 Å². The topological polar surface area (TPSA) is 92.2 Å². The largest absolute Gasteiger partial charge is 0.460 e. The maximum atomic E-state index is 11.5. The van der Waals surface area contributed by atoms with Gasteiger partial charge in [0.1, 0.15) is 17.1 Å². The highest BCUT2D eigenvalue weighted by atomic mass is 16.6. The molecule has 25 heavy (non-hydrogen) atoms. The summed E-state index contributed by atoms with van der Waals surface area (Å²) in [5.41, 5.74) is 1.44. The maximum Gasteiger partial charge on any atom is 0.407 e. The van der Waals surface area contributed by atoms with Crippen molar-refractivity contribution in [2.45, 2.75) is 39.8 Å². The zero-order chi connectivity index (χ0) is 18.3. The summed E-state index contributed by atoms with van der Waals surface area (Å²) in [7, 11) is 0. The van der Waals surface area contributed by atoms with Crippen molar-refractivity contribution in [1.82, 2.24) is 20.8 Å². The van der Waals surface area contributed by atoms with Gasteiger partial charge in [-0.1, -0.05) is 12.2 Å². The minimum atomic E-state index is -0.482. The second-order valence-corrected chi connectivity index (χ2v) is 6.67. The first-order chi connectivity index (χ1) is 11.8. The lowest BCUT2D eigenvalue weighted by atomic mass is 10.2. The number of hydrogen-bond donors (Lipinski definition) is 3. The van der Waals surface area contributed by atoms with Crippen LogP contribution >= 0.6 is 0 Å². The summed E-state index contributed by atoms with van der Waals surface area (Å²) in [6.07, 6.45) is 5.20. The molecule has 2 aromatic heterocycles. The van der Waals surface area contributed by atoms with E-state index in [1.54, 1.807) is 6.20 Å². The number of carbonyl (C=O) groups excluding carboxylic acids is 1. The molecule has 2 heterocycles. The summed E-state index contributed by atoms with van der Waals surface area (Å²) in [6, 6.07) is 3.85. The summed E-state index contributed by atoms with van der Waals surface area (Å²) in [6.45, 7) is 9.18. The van der Waals surface area contributed by atoms with Crippen molar-refractivity contribution in [2.75, 3.05) is 13.1 Å². The third kappa shape index (κ3) is 6.46. The molecule has 7 nitrogen and oxygen atoms in total. The van der Waals surface area contributed by atoms with Gasteiger partial charge in [-0.15, -0.1) is 0 Å². The van der Waals surface area contributed by atoms with Crippen LogP contribution in [-0.4, -0.2) is 35.0 Å². The van der Waals surface area contributed by atoms with E-state index in [-0.39, 0.29) is 0 Å². The highest BCUT2D eigenvalue weighted by Gasteiger charge is 2.15. The number of nitrogens with one attached hydrogen (secondary N) is 3. The second-order valence-electron chi connectivity index (χ2n) is 6.67.